The molecule has 0 radical (unpaired) electrons. The molecule has 0 aromatic heterocycles. The molecule has 2 nitrogen and oxygen atoms in total. The molecule has 14 heavy (non-hydrogen) atoms. The molecule has 0 saturated carbocycles. The van der Waals surface area contributed by atoms with Crippen molar-refractivity contribution in [2.24, 2.45) is 5.73 Å². The lowest BCUT2D eigenvalue weighted by atomic mass is 9.94. The SMILES string of the molecule is CC(C)(N)C(=O)c1c(F)cccc1F. The first-order chi connectivity index (χ1) is 6.34. The quantitative estimate of drug-likeness (QED) is 0.739. The van der Waals surface area contributed by atoms with Gasteiger partial charge in [0, 0.05) is 0 Å². The minimum atomic E-state index is -1.27. The molecule has 2 N–H and O–H groups in total. The maximum absolute atomic E-state index is 13.1. The molecule has 1 aromatic carbocycles. The summed E-state index contributed by atoms with van der Waals surface area (Å²) in [6, 6.07) is 3.26. The Morgan fingerprint density at radius 3 is 2.07 bits per heavy atom. The number of carbonyl (C=O) groups is 1. The van der Waals surface area contributed by atoms with Crippen molar-refractivity contribution < 1.29 is 13.6 Å². The highest BCUT2D eigenvalue weighted by Gasteiger charge is 2.28. The average molecular weight is 199 g/mol. The highest BCUT2D eigenvalue weighted by atomic mass is 19.1. The number of hydrogen-bond acceptors (Lipinski definition) is 2. The molecule has 0 aliphatic heterocycles. The Kier molecular flexibility index (Phi) is 2.66. The molecule has 0 saturated heterocycles. The first-order valence-electron chi connectivity index (χ1n) is 4.11. The van der Waals surface area contributed by atoms with Gasteiger partial charge in [0.1, 0.15) is 11.6 Å². The Morgan fingerprint density at radius 2 is 1.71 bits per heavy atom. The molecule has 0 unspecified atom stereocenters. The van der Waals surface area contributed by atoms with Crippen LogP contribution in [0.2, 0.25) is 0 Å². The van der Waals surface area contributed by atoms with E-state index in [2.05, 4.69) is 0 Å². The Morgan fingerprint density at radius 1 is 1.29 bits per heavy atom. The second-order valence-electron chi connectivity index (χ2n) is 3.65. The normalized spacial score (nSPS) is 11.5. The number of halogens is 2. The molecule has 0 spiro atoms. The van der Waals surface area contributed by atoms with Gasteiger partial charge in [0.05, 0.1) is 11.1 Å². The lowest BCUT2D eigenvalue weighted by Gasteiger charge is -2.17. The van der Waals surface area contributed by atoms with Gasteiger partial charge in [0.2, 0.25) is 0 Å². The standard InChI is InChI=1S/C10H11F2NO/c1-10(2,13)9(14)8-6(11)4-3-5-7(8)12/h3-5H,13H2,1-2H3. The van der Waals surface area contributed by atoms with Crippen molar-refractivity contribution in [2.45, 2.75) is 19.4 Å². The van der Waals surface area contributed by atoms with Crippen LogP contribution in [0.25, 0.3) is 0 Å². The summed E-state index contributed by atoms with van der Waals surface area (Å²) in [6.07, 6.45) is 0. The predicted molar refractivity (Wildman–Crippen MR) is 49.0 cm³/mol. The molecule has 0 aliphatic carbocycles. The summed E-state index contributed by atoms with van der Waals surface area (Å²) in [6.45, 7) is 2.81. The number of carbonyl (C=O) groups excluding carboxylic acids is 1. The Labute approximate surface area is 80.7 Å². The predicted octanol–water partition coefficient (Wildman–Crippen LogP) is 1.88. The molecule has 0 aliphatic rings. The molecule has 0 atom stereocenters. The first-order valence-corrected chi connectivity index (χ1v) is 4.11. The van der Waals surface area contributed by atoms with Crippen LogP contribution in [0.1, 0.15) is 24.2 Å². The van der Waals surface area contributed by atoms with Gasteiger partial charge >= 0.3 is 0 Å². The van der Waals surface area contributed by atoms with Gasteiger partial charge in [-0.15, -0.1) is 0 Å². The van der Waals surface area contributed by atoms with E-state index in [1.54, 1.807) is 0 Å². The van der Waals surface area contributed by atoms with Crippen molar-refractivity contribution in [3.8, 4) is 0 Å². The smallest absolute Gasteiger partial charge is 0.187 e. The van der Waals surface area contributed by atoms with Gasteiger partial charge in [0.25, 0.3) is 0 Å². The second-order valence-corrected chi connectivity index (χ2v) is 3.65. The van der Waals surface area contributed by atoms with E-state index in [1.165, 1.54) is 19.9 Å². The van der Waals surface area contributed by atoms with Gasteiger partial charge in [-0.1, -0.05) is 6.07 Å². The van der Waals surface area contributed by atoms with E-state index in [-0.39, 0.29) is 0 Å². The first kappa shape index (κ1) is 10.8. The van der Waals surface area contributed by atoms with E-state index in [1.807, 2.05) is 0 Å². The van der Waals surface area contributed by atoms with E-state index in [9.17, 15) is 13.6 Å². The molecule has 0 heterocycles. The Balaban J connectivity index is 3.26. The van der Waals surface area contributed by atoms with Crippen LogP contribution < -0.4 is 5.73 Å². The summed E-state index contributed by atoms with van der Waals surface area (Å²) in [7, 11) is 0. The molecule has 0 bridgehead atoms. The van der Waals surface area contributed by atoms with E-state index in [0.29, 0.717) is 0 Å². The Hall–Kier alpha value is -1.29. The van der Waals surface area contributed by atoms with Crippen LogP contribution in [0.3, 0.4) is 0 Å². The fourth-order valence-electron chi connectivity index (χ4n) is 1.04. The van der Waals surface area contributed by atoms with Crippen LogP contribution in [0.5, 0.6) is 0 Å². The maximum Gasteiger partial charge on any atom is 0.187 e. The number of rotatable bonds is 2. The van der Waals surface area contributed by atoms with E-state index in [0.717, 1.165) is 12.1 Å². The maximum atomic E-state index is 13.1. The fourth-order valence-corrected chi connectivity index (χ4v) is 1.04. The van der Waals surface area contributed by atoms with Crippen LogP contribution >= 0.6 is 0 Å². The molecule has 76 valence electrons. The molecular weight excluding hydrogens is 188 g/mol. The van der Waals surface area contributed by atoms with Crippen molar-refractivity contribution in [1.82, 2.24) is 0 Å². The average Bonchev–Trinajstić information content (AvgIpc) is 2.01. The third-order valence-corrected chi connectivity index (χ3v) is 1.78. The van der Waals surface area contributed by atoms with Crippen molar-refractivity contribution in [2.75, 3.05) is 0 Å². The van der Waals surface area contributed by atoms with Crippen molar-refractivity contribution >= 4 is 5.78 Å². The zero-order valence-electron chi connectivity index (χ0n) is 7.97. The number of Topliss-reactive ketones (excluding diaryl/α,β-unsaturated/α-hetero) is 1. The molecule has 4 heteroatoms. The number of benzene rings is 1. The molecule has 1 rings (SSSR count). The lowest BCUT2D eigenvalue weighted by molar-refractivity contribution is 0.0905. The van der Waals surface area contributed by atoms with Crippen molar-refractivity contribution in [1.29, 1.82) is 0 Å². The van der Waals surface area contributed by atoms with E-state index in [4.69, 9.17) is 5.73 Å². The van der Waals surface area contributed by atoms with Crippen molar-refractivity contribution in [3.63, 3.8) is 0 Å². The number of hydrogen-bond donors (Lipinski definition) is 1. The van der Waals surface area contributed by atoms with Gasteiger partial charge < -0.3 is 5.73 Å². The van der Waals surface area contributed by atoms with Crippen LogP contribution in [-0.4, -0.2) is 11.3 Å². The zero-order chi connectivity index (χ0) is 10.9. The van der Waals surface area contributed by atoms with E-state index < -0.39 is 28.5 Å². The number of ketones is 1. The molecule has 1 aromatic rings. The highest BCUT2D eigenvalue weighted by molar-refractivity contribution is 6.02. The van der Waals surface area contributed by atoms with Gasteiger partial charge in [0.15, 0.2) is 5.78 Å². The van der Waals surface area contributed by atoms with Gasteiger partial charge in [-0.3, -0.25) is 4.79 Å². The van der Waals surface area contributed by atoms with Gasteiger partial charge in [-0.25, -0.2) is 8.78 Å². The van der Waals surface area contributed by atoms with Crippen molar-refractivity contribution in [3.05, 3.63) is 35.4 Å². The van der Waals surface area contributed by atoms with Crippen LogP contribution in [0.15, 0.2) is 18.2 Å². The monoisotopic (exact) mass is 199 g/mol. The lowest BCUT2D eigenvalue weighted by Crippen LogP contribution is -2.42. The van der Waals surface area contributed by atoms with Gasteiger partial charge in [-0.05, 0) is 26.0 Å². The summed E-state index contributed by atoms with van der Waals surface area (Å²) in [5.74, 6) is -2.50. The molecular formula is C10H11F2NO. The van der Waals surface area contributed by atoms with Crippen LogP contribution in [0.4, 0.5) is 8.78 Å². The summed E-state index contributed by atoms with van der Waals surface area (Å²) in [5, 5.41) is 0. The third-order valence-electron chi connectivity index (χ3n) is 1.78. The highest BCUT2D eigenvalue weighted by Crippen LogP contribution is 2.17. The van der Waals surface area contributed by atoms with E-state index >= 15 is 0 Å². The topological polar surface area (TPSA) is 43.1 Å². The minimum absolute atomic E-state index is 0.569. The van der Waals surface area contributed by atoms with Crippen LogP contribution in [-0.2, 0) is 0 Å². The number of nitrogens with two attached hydrogens (primary N) is 1. The fraction of sp³-hybridized carbons (Fsp3) is 0.300. The molecule has 0 fully saturated rings. The second kappa shape index (κ2) is 3.46. The third kappa shape index (κ3) is 1.96. The summed E-state index contributed by atoms with van der Waals surface area (Å²) in [5.41, 5.74) is 3.62. The molecule has 0 amide bonds. The summed E-state index contributed by atoms with van der Waals surface area (Å²) < 4.78 is 26.2. The van der Waals surface area contributed by atoms with Crippen LogP contribution in [0, 0.1) is 11.6 Å². The summed E-state index contributed by atoms with van der Waals surface area (Å²) in [4.78, 5) is 11.5. The summed E-state index contributed by atoms with van der Waals surface area (Å²) >= 11 is 0. The van der Waals surface area contributed by atoms with Gasteiger partial charge in [-0.2, -0.15) is 0 Å². The largest absolute Gasteiger partial charge is 0.319 e. The Bertz CT molecular complexity index is 349. The minimum Gasteiger partial charge on any atom is -0.319 e. The zero-order valence-corrected chi connectivity index (χ0v) is 7.97.